The molecule has 0 aromatic heterocycles. The molecule has 3 aromatic rings. The maximum absolute atomic E-state index is 13.0. The summed E-state index contributed by atoms with van der Waals surface area (Å²) in [6.07, 6.45) is 0. The molecule has 0 saturated carbocycles. The van der Waals surface area contributed by atoms with E-state index >= 15 is 0 Å². The zero-order chi connectivity index (χ0) is 22.3. The van der Waals surface area contributed by atoms with E-state index in [1.54, 1.807) is 48.5 Å². The zero-order valence-electron chi connectivity index (χ0n) is 15.7. The molecule has 1 aliphatic heterocycles. The van der Waals surface area contributed by atoms with E-state index in [1.807, 2.05) is 0 Å². The number of carbonyl (C=O) groups is 2. The van der Waals surface area contributed by atoms with Gasteiger partial charge in [-0.15, -0.1) is 0 Å². The van der Waals surface area contributed by atoms with Crippen molar-refractivity contribution in [2.24, 2.45) is 0 Å². The van der Waals surface area contributed by atoms with Crippen LogP contribution in [0, 0.1) is 0 Å². The van der Waals surface area contributed by atoms with Gasteiger partial charge in [-0.05, 0) is 60.2 Å². The molecule has 3 aromatic carbocycles. The number of aliphatic hydroxyl groups is 1. The number of phenolic OH excluding ortho intramolecular Hbond substituents is 1. The van der Waals surface area contributed by atoms with Gasteiger partial charge in [0, 0.05) is 21.3 Å². The predicted octanol–water partition coefficient (Wildman–Crippen LogP) is 5.98. The monoisotopic (exact) mass is 473 g/mol. The van der Waals surface area contributed by atoms with Crippen molar-refractivity contribution in [2.75, 3.05) is 4.90 Å². The molecule has 5 nitrogen and oxygen atoms in total. The van der Waals surface area contributed by atoms with Crippen molar-refractivity contribution in [3.63, 3.8) is 0 Å². The standard InChI is InChI=1S/C23H14Cl3NO4/c24-14-7-4-12(5-8-14)21(29)19-20(13-6-9-18(28)17(26)10-13)27(23(31)22(19)30)16-3-1-2-15(25)11-16/h1-11,20,28-29H/b21-19-. The van der Waals surface area contributed by atoms with Crippen LogP contribution in [0.4, 0.5) is 5.69 Å². The number of hydrogen-bond donors (Lipinski definition) is 2. The fourth-order valence-electron chi connectivity index (χ4n) is 3.50. The van der Waals surface area contributed by atoms with Gasteiger partial charge in [0.2, 0.25) is 0 Å². The molecule has 156 valence electrons. The van der Waals surface area contributed by atoms with E-state index in [2.05, 4.69) is 0 Å². The lowest BCUT2D eigenvalue weighted by Crippen LogP contribution is -2.29. The second-order valence-electron chi connectivity index (χ2n) is 6.87. The van der Waals surface area contributed by atoms with E-state index < -0.39 is 17.7 Å². The Kier molecular flexibility index (Phi) is 5.67. The number of hydrogen-bond acceptors (Lipinski definition) is 4. The Hall–Kier alpha value is -2.99. The van der Waals surface area contributed by atoms with Crippen molar-refractivity contribution in [3.8, 4) is 5.75 Å². The van der Waals surface area contributed by atoms with E-state index in [0.29, 0.717) is 26.9 Å². The highest BCUT2D eigenvalue weighted by atomic mass is 35.5. The second kappa shape index (κ2) is 8.27. The van der Waals surface area contributed by atoms with Crippen molar-refractivity contribution in [3.05, 3.63) is 98.5 Å². The number of carbonyl (C=O) groups excluding carboxylic acids is 2. The number of nitrogens with zero attached hydrogens (tertiary/aromatic N) is 1. The van der Waals surface area contributed by atoms with Crippen molar-refractivity contribution < 1.29 is 19.8 Å². The third kappa shape index (κ3) is 3.88. The van der Waals surface area contributed by atoms with Crippen LogP contribution in [0.3, 0.4) is 0 Å². The fraction of sp³-hybridized carbons (Fsp3) is 0.0435. The Bertz CT molecular complexity index is 1240. The van der Waals surface area contributed by atoms with Crippen LogP contribution in [-0.2, 0) is 9.59 Å². The first-order valence-corrected chi connectivity index (χ1v) is 10.2. The van der Waals surface area contributed by atoms with E-state index in [-0.39, 0.29) is 22.1 Å². The number of aliphatic hydroxyl groups excluding tert-OH is 1. The molecule has 1 unspecified atom stereocenters. The largest absolute Gasteiger partial charge is 0.507 e. The average molecular weight is 475 g/mol. The Labute approximate surface area is 192 Å². The van der Waals surface area contributed by atoms with Crippen LogP contribution in [0.5, 0.6) is 5.75 Å². The van der Waals surface area contributed by atoms with Crippen molar-refractivity contribution in [1.82, 2.24) is 0 Å². The van der Waals surface area contributed by atoms with E-state index in [4.69, 9.17) is 34.8 Å². The first kappa shape index (κ1) is 21.2. The molecule has 1 fully saturated rings. The van der Waals surface area contributed by atoms with Gasteiger partial charge >= 0.3 is 0 Å². The molecule has 1 aliphatic rings. The number of amides is 1. The molecule has 0 spiro atoms. The number of Topliss-reactive ketones (excluding diaryl/α,β-unsaturated/α-hetero) is 1. The lowest BCUT2D eigenvalue weighted by Gasteiger charge is -2.25. The molecule has 1 heterocycles. The van der Waals surface area contributed by atoms with E-state index in [0.717, 1.165) is 0 Å². The summed E-state index contributed by atoms with van der Waals surface area (Å²) >= 11 is 18.1. The summed E-state index contributed by atoms with van der Waals surface area (Å²) in [6, 6.07) is 16.0. The lowest BCUT2D eigenvalue weighted by molar-refractivity contribution is -0.132. The summed E-state index contributed by atoms with van der Waals surface area (Å²) in [6.45, 7) is 0. The van der Waals surface area contributed by atoms with Crippen LogP contribution in [0.1, 0.15) is 17.2 Å². The van der Waals surface area contributed by atoms with Crippen LogP contribution in [0.25, 0.3) is 5.76 Å². The number of rotatable bonds is 3. The van der Waals surface area contributed by atoms with Crippen LogP contribution < -0.4 is 4.90 Å². The third-order valence-electron chi connectivity index (χ3n) is 4.94. The highest BCUT2D eigenvalue weighted by Crippen LogP contribution is 2.43. The predicted molar refractivity (Wildman–Crippen MR) is 121 cm³/mol. The number of benzene rings is 3. The number of anilines is 1. The van der Waals surface area contributed by atoms with Crippen LogP contribution in [0.2, 0.25) is 15.1 Å². The molecular weight excluding hydrogens is 461 g/mol. The number of halogens is 3. The Morgan fingerprint density at radius 1 is 0.871 bits per heavy atom. The third-order valence-corrected chi connectivity index (χ3v) is 5.73. The van der Waals surface area contributed by atoms with Gasteiger partial charge in [0.1, 0.15) is 11.5 Å². The normalized spacial score (nSPS) is 17.9. The molecule has 1 amide bonds. The molecule has 4 rings (SSSR count). The minimum Gasteiger partial charge on any atom is -0.507 e. The molecule has 1 saturated heterocycles. The summed E-state index contributed by atoms with van der Waals surface area (Å²) in [4.78, 5) is 27.3. The van der Waals surface area contributed by atoms with Gasteiger partial charge in [-0.3, -0.25) is 14.5 Å². The maximum atomic E-state index is 13.0. The fourth-order valence-corrected chi connectivity index (χ4v) is 4.00. The van der Waals surface area contributed by atoms with E-state index in [9.17, 15) is 19.8 Å². The highest BCUT2D eigenvalue weighted by molar-refractivity contribution is 6.52. The van der Waals surface area contributed by atoms with Gasteiger partial charge in [-0.25, -0.2) is 0 Å². The minimum absolute atomic E-state index is 0.0423. The average Bonchev–Trinajstić information content (AvgIpc) is 3.01. The molecule has 2 N–H and O–H groups in total. The van der Waals surface area contributed by atoms with Crippen LogP contribution >= 0.6 is 34.8 Å². The molecule has 0 radical (unpaired) electrons. The molecule has 0 aliphatic carbocycles. The summed E-state index contributed by atoms with van der Waals surface area (Å²) in [5.74, 6) is -2.19. The Morgan fingerprint density at radius 2 is 1.58 bits per heavy atom. The summed E-state index contributed by atoms with van der Waals surface area (Å²) in [5, 5.41) is 21.7. The van der Waals surface area contributed by atoms with Crippen molar-refractivity contribution >= 4 is 57.9 Å². The first-order chi connectivity index (χ1) is 14.8. The number of aromatic hydroxyl groups is 1. The van der Waals surface area contributed by atoms with Crippen molar-refractivity contribution in [1.29, 1.82) is 0 Å². The molecule has 0 bridgehead atoms. The number of phenols is 1. The molecule has 1 atom stereocenters. The maximum Gasteiger partial charge on any atom is 0.300 e. The first-order valence-electron chi connectivity index (χ1n) is 9.09. The Balaban J connectivity index is 1.97. The lowest BCUT2D eigenvalue weighted by atomic mass is 9.95. The molecule has 8 heteroatoms. The van der Waals surface area contributed by atoms with Gasteiger partial charge in [0.15, 0.2) is 0 Å². The quantitative estimate of drug-likeness (QED) is 0.278. The van der Waals surface area contributed by atoms with Gasteiger partial charge in [-0.1, -0.05) is 46.9 Å². The Morgan fingerprint density at radius 3 is 2.23 bits per heavy atom. The SMILES string of the molecule is O=C1C(=O)N(c2cccc(Cl)c2)C(c2ccc(O)c(Cl)c2)/C1=C(/O)c1ccc(Cl)cc1. The highest BCUT2D eigenvalue weighted by Gasteiger charge is 2.47. The zero-order valence-corrected chi connectivity index (χ0v) is 18.0. The van der Waals surface area contributed by atoms with Gasteiger partial charge < -0.3 is 10.2 Å². The second-order valence-corrected chi connectivity index (χ2v) is 8.15. The smallest absolute Gasteiger partial charge is 0.300 e. The molecule has 31 heavy (non-hydrogen) atoms. The van der Waals surface area contributed by atoms with Crippen LogP contribution in [0.15, 0.2) is 72.3 Å². The van der Waals surface area contributed by atoms with E-state index in [1.165, 1.54) is 23.1 Å². The minimum atomic E-state index is -0.993. The molecular formula is C23H14Cl3NO4. The summed E-state index contributed by atoms with van der Waals surface area (Å²) < 4.78 is 0. The van der Waals surface area contributed by atoms with Gasteiger partial charge in [-0.2, -0.15) is 0 Å². The van der Waals surface area contributed by atoms with Gasteiger partial charge in [0.05, 0.1) is 16.6 Å². The van der Waals surface area contributed by atoms with Gasteiger partial charge in [0.25, 0.3) is 11.7 Å². The van der Waals surface area contributed by atoms with Crippen LogP contribution in [-0.4, -0.2) is 21.9 Å². The topological polar surface area (TPSA) is 77.8 Å². The summed E-state index contributed by atoms with van der Waals surface area (Å²) in [7, 11) is 0. The number of ketones is 1. The van der Waals surface area contributed by atoms with Crippen molar-refractivity contribution in [2.45, 2.75) is 6.04 Å². The summed E-state index contributed by atoms with van der Waals surface area (Å²) in [5.41, 5.74) is 1.01.